The van der Waals surface area contributed by atoms with Gasteiger partial charge in [0.25, 0.3) is 0 Å². The summed E-state index contributed by atoms with van der Waals surface area (Å²) in [5.41, 5.74) is 13.8. The van der Waals surface area contributed by atoms with E-state index < -0.39 is 0 Å². The number of hydrogen-bond donors (Lipinski definition) is 1. The van der Waals surface area contributed by atoms with E-state index in [4.69, 9.17) is 10.5 Å². The van der Waals surface area contributed by atoms with Gasteiger partial charge in [-0.15, -0.1) is 0 Å². The van der Waals surface area contributed by atoms with Gasteiger partial charge in [-0.3, -0.25) is 0 Å². The Morgan fingerprint density at radius 3 is 2.52 bits per heavy atom. The second-order valence-electron chi connectivity index (χ2n) is 8.15. The van der Waals surface area contributed by atoms with Crippen LogP contribution in [0.5, 0.6) is 5.75 Å². The standard InChI is InChI=1S/C26H29NOS/c1-17(2)23-15-20(12-13-25(23)28-16-19-8-5-4-6-9-19)29-26-18(3)14-24(27)21-10-7-11-22(21)26/h4-6,8-9,12-15,17H,7,10-11,16,27H2,1-3H3. The maximum atomic E-state index is 6.27. The lowest BCUT2D eigenvalue weighted by atomic mass is 10.0. The van der Waals surface area contributed by atoms with Crippen LogP contribution in [0.15, 0.2) is 64.4 Å². The zero-order valence-corrected chi connectivity index (χ0v) is 18.3. The largest absolute Gasteiger partial charge is 0.489 e. The predicted molar refractivity (Wildman–Crippen MR) is 123 cm³/mol. The van der Waals surface area contributed by atoms with Crippen LogP contribution in [0.2, 0.25) is 0 Å². The summed E-state index contributed by atoms with van der Waals surface area (Å²) in [5, 5.41) is 0. The summed E-state index contributed by atoms with van der Waals surface area (Å²) >= 11 is 1.87. The van der Waals surface area contributed by atoms with Gasteiger partial charge in [0.05, 0.1) is 0 Å². The van der Waals surface area contributed by atoms with Gasteiger partial charge >= 0.3 is 0 Å². The van der Waals surface area contributed by atoms with E-state index in [9.17, 15) is 0 Å². The zero-order chi connectivity index (χ0) is 20.4. The Hall–Kier alpha value is -2.39. The SMILES string of the molecule is Cc1cc(N)c2c(c1Sc1ccc(OCc3ccccc3)c(C(C)C)c1)CCC2. The Morgan fingerprint density at radius 1 is 1.00 bits per heavy atom. The van der Waals surface area contributed by atoms with E-state index in [0.717, 1.165) is 24.3 Å². The van der Waals surface area contributed by atoms with Crippen LogP contribution in [0, 0.1) is 6.92 Å². The molecule has 0 unspecified atom stereocenters. The van der Waals surface area contributed by atoms with Crippen molar-refractivity contribution in [2.45, 2.75) is 62.3 Å². The van der Waals surface area contributed by atoms with Crippen molar-refractivity contribution in [3.8, 4) is 5.75 Å². The van der Waals surface area contributed by atoms with Crippen molar-refractivity contribution in [2.75, 3.05) is 5.73 Å². The molecule has 3 aromatic rings. The molecule has 3 heteroatoms. The van der Waals surface area contributed by atoms with Crippen molar-refractivity contribution in [1.82, 2.24) is 0 Å². The second-order valence-corrected chi connectivity index (χ2v) is 9.24. The fourth-order valence-electron chi connectivity index (χ4n) is 4.10. The van der Waals surface area contributed by atoms with Gasteiger partial charge < -0.3 is 10.5 Å². The third-order valence-electron chi connectivity index (χ3n) is 5.63. The minimum Gasteiger partial charge on any atom is -0.489 e. The molecule has 0 bridgehead atoms. The second kappa shape index (κ2) is 8.54. The molecule has 1 aliphatic rings. The fraction of sp³-hybridized carbons (Fsp3) is 0.308. The summed E-state index contributed by atoms with van der Waals surface area (Å²) in [6, 6.07) is 19.1. The van der Waals surface area contributed by atoms with Crippen LogP contribution in [-0.4, -0.2) is 0 Å². The maximum absolute atomic E-state index is 6.27. The highest BCUT2D eigenvalue weighted by Gasteiger charge is 2.21. The van der Waals surface area contributed by atoms with E-state index in [2.05, 4.69) is 69.3 Å². The number of nitrogen functional groups attached to an aromatic ring is 1. The van der Waals surface area contributed by atoms with Gasteiger partial charge in [-0.2, -0.15) is 0 Å². The molecule has 150 valence electrons. The minimum atomic E-state index is 0.402. The summed E-state index contributed by atoms with van der Waals surface area (Å²) in [7, 11) is 0. The normalized spacial score (nSPS) is 13.0. The first-order valence-electron chi connectivity index (χ1n) is 10.4. The third-order valence-corrected chi connectivity index (χ3v) is 6.89. The molecule has 2 nitrogen and oxygen atoms in total. The number of fused-ring (bicyclic) bond motifs is 1. The molecule has 0 saturated carbocycles. The molecule has 0 radical (unpaired) electrons. The van der Waals surface area contributed by atoms with Crippen LogP contribution in [0.3, 0.4) is 0 Å². The number of rotatable bonds is 6. The maximum Gasteiger partial charge on any atom is 0.123 e. The molecular weight excluding hydrogens is 374 g/mol. The number of aryl methyl sites for hydroxylation is 1. The molecule has 4 rings (SSSR count). The number of anilines is 1. The molecule has 0 aliphatic heterocycles. The summed E-state index contributed by atoms with van der Waals surface area (Å²) in [6.07, 6.45) is 3.46. The first kappa shape index (κ1) is 19.9. The molecule has 3 aromatic carbocycles. The average Bonchev–Trinajstić information content (AvgIpc) is 3.21. The van der Waals surface area contributed by atoms with Gasteiger partial charge in [-0.25, -0.2) is 0 Å². The summed E-state index contributed by atoms with van der Waals surface area (Å²) in [6.45, 7) is 7.23. The zero-order valence-electron chi connectivity index (χ0n) is 17.5. The van der Waals surface area contributed by atoms with Crippen molar-refractivity contribution >= 4 is 17.4 Å². The topological polar surface area (TPSA) is 35.2 Å². The highest BCUT2D eigenvalue weighted by Crippen LogP contribution is 2.42. The highest BCUT2D eigenvalue weighted by atomic mass is 32.2. The fourth-order valence-corrected chi connectivity index (χ4v) is 5.23. The average molecular weight is 404 g/mol. The number of hydrogen-bond acceptors (Lipinski definition) is 3. The monoisotopic (exact) mass is 403 g/mol. The van der Waals surface area contributed by atoms with E-state index >= 15 is 0 Å². The van der Waals surface area contributed by atoms with Gasteiger partial charge in [0, 0.05) is 15.5 Å². The molecule has 0 heterocycles. The van der Waals surface area contributed by atoms with E-state index in [1.54, 1.807) is 0 Å². The van der Waals surface area contributed by atoms with Crippen molar-refractivity contribution in [2.24, 2.45) is 0 Å². The smallest absolute Gasteiger partial charge is 0.123 e. The van der Waals surface area contributed by atoms with Crippen molar-refractivity contribution < 1.29 is 4.74 Å². The number of nitrogens with two attached hydrogens (primary N) is 1. The van der Waals surface area contributed by atoms with Gasteiger partial charge in [0.15, 0.2) is 0 Å². The summed E-state index contributed by atoms with van der Waals surface area (Å²) in [4.78, 5) is 2.65. The first-order chi connectivity index (χ1) is 14.0. The molecule has 0 spiro atoms. The Labute approximate surface area is 178 Å². The van der Waals surface area contributed by atoms with Gasteiger partial charge in [0.1, 0.15) is 12.4 Å². The third kappa shape index (κ3) is 4.30. The Bertz CT molecular complexity index is 1010. The molecule has 0 saturated heterocycles. The van der Waals surface area contributed by atoms with Gasteiger partial charge in [-0.05, 0) is 84.2 Å². The van der Waals surface area contributed by atoms with Crippen LogP contribution in [0.25, 0.3) is 0 Å². The molecule has 2 N–H and O–H groups in total. The van der Waals surface area contributed by atoms with Crippen LogP contribution in [-0.2, 0) is 19.4 Å². The molecular formula is C26H29NOS. The van der Waals surface area contributed by atoms with Gasteiger partial charge in [-0.1, -0.05) is 55.9 Å². The lowest BCUT2D eigenvalue weighted by Crippen LogP contribution is -2.00. The molecule has 0 aromatic heterocycles. The van der Waals surface area contributed by atoms with Gasteiger partial charge in [0.2, 0.25) is 0 Å². The predicted octanol–water partition coefficient (Wildman–Crippen LogP) is 6.92. The minimum absolute atomic E-state index is 0.402. The molecule has 0 amide bonds. The quantitative estimate of drug-likeness (QED) is 0.454. The molecule has 29 heavy (non-hydrogen) atoms. The Balaban J connectivity index is 1.60. The lowest BCUT2D eigenvalue weighted by Gasteiger charge is -2.18. The van der Waals surface area contributed by atoms with E-state index in [-0.39, 0.29) is 0 Å². The lowest BCUT2D eigenvalue weighted by molar-refractivity contribution is 0.301. The van der Waals surface area contributed by atoms with E-state index in [1.807, 2.05) is 17.8 Å². The van der Waals surface area contributed by atoms with Crippen molar-refractivity contribution in [3.05, 3.63) is 82.4 Å². The van der Waals surface area contributed by atoms with E-state index in [0.29, 0.717) is 12.5 Å². The summed E-state index contributed by atoms with van der Waals surface area (Å²) < 4.78 is 6.18. The van der Waals surface area contributed by atoms with Crippen LogP contribution >= 0.6 is 11.8 Å². The summed E-state index contributed by atoms with van der Waals surface area (Å²) in [5.74, 6) is 1.38. The molecule has 0 fully saturated rings. The van der Waals surface area contributed by atoms with Crippen molar-refractivity contribution in [1.29, 1.82) is 0 Å². The number of ether oxygens (including phenoxy) is 1. The van der Waals surface area contributed by atoms with Crippen LogP contribution in [0.1, 0.15) is 54.0 Å². The van der Waals surface area contributed by atoms with Crippen LogP contribution < -0.4 is 10.5 Å². The molecule has 1 aliphatic carbocycles. The van der Waals surface area contributed by atoms with E-state index in [1.165, 1.54) is 44.0 Å². The van der Waals surface area contributed by atoms with Crippen LogP contribution in [0.4, 0.5) is 5.69 Å². The number of benzene rings is 3. The van der Waals surface area contributed by atoms with Crippen molar-refractivity contribution in [3.63, 3.8) is 0 Å². The Morgan fingerprint density at radius 2 is 1.76 bits per heavy atom. The molecule has 0 atom stereocenters. The first-order valence-corrected chi connectivity index (χ1v) is 11.2. The highest BCUT2D eigenvalue weighted by molar-refractivity contribution is 7.99. The Kier molecular flexibility index (Phi) is 5.86.